The van der Waals surface area contributed by atoms with E-state index in [2.05, 4.69) is 16.6 Å². The first kappa shape index (κ1) is 15.8. The molecule has 5 N–H and O–H groups in total. The van der Waals surface area contributed by atoms with Crippen LogP contribution in [-0.2, 0) is 9.59 Å². The standard InChI is InChI=1S/C11H17N3O4/c1-3-5-7(4-2)13-11(18)14-8(10(16)17)6-9(12)15/h2,7-8H,3,5-6H2,1H3,(H2,12,15)(H,16,17)(H2,13,14,18). The van der Waals surface area contributed by atoms with Gasteiger partial charge in [-0.2, -0.15) is 0 Å². The molecule has 0 aromatic rings. The molecule has 7 heteroatoms. The molecular formula is C11H17N3O4. The number of hydrogen-bond acceptors (Lipinski definition) is 3. The van der Waals surface area contributed by atoms with Crippen LogP contribution in [-0.4, -0.2) is 35.1 Å². The molecule has 2 atom stereocenters. The van der Waals surface area contributed by atoms with Crippen molar-refractivity contribution in [2.24, 2.45) is 5.73 Å². The monoisotopic (exact) mass is 255 g/mol. The highest BCUT2D eigenvalue weighted by atomic mass is 16.4. The fraction of sp³-hybridized carbons (Fsp3) is 0.545. The van der Waals surface area contributed by atoms with Gasteiger partial charge < -0.3 is 21.5 Å². The lowest BCUT2D eigenvalue weighted by atomic mass is 10.2. The van der Waals surface area contributed by atoms with Gasteiger partial charge in [-0.05, 0) is 6.42 Å². The third kappa shape index (κ3) is 6.37. The van der Waals surface area contributed by atoms with Crippen molar-refractivity contribution in [1.82, 2.24) is 10.6 Å². The average molecular weight is 255 g/mol. The Morgan fingerprint density at radius 1 is 1.39 bits per heavy atom. The van der Waals surface area contributed by atoms with Crippen molar-refractivity contribution in [1.29, 1.82) is 0 Å². The molecule has 0 bridgehead atoms. The summed E-state index contributed by atoms with van der Waals surface area (Å²) in [6, 6.07) is -2.57. The first-order valence-corrected chi connectivity index (χ1v) is 5.45. The molecule has 3 amide bonds. The summed E-state index contributed by atoms with van der Waals surface area (Å²) >= 11 is 0. The number of nitrogens with one attached hydrogen (secondary N) is 2. The van der Waals surface area contributed by atoms with Crippen LogP contribution < -0.4 is 16.4 Å². The third-order valence-corrected chi connectivity index (χ3v) is 2.09. The van der Waals surface area contributed by atoms with Gasteiger partial charge in [0.2, 0.25) is 5.91 Å². The van der Waals surface area contributed by atoms with Crippen molar-refractivity contribution >= 4 is 17.9 Å². The summed E-state index contributed by atoms with van der Waals surface area (Å²) in [5, 5.41) is 13.3. The number of amides is 3. The molecule has 0 saturated carbocycles. The number of carboxylic acid groups (broad SMARTS) is 1. The van der Waals surface area contributed by atoms with Gasteiger partial charge in [0, 0.05) is 0 Å². The van der Waals surface area contributed by atoms with E-state index < -0.39 is 36.4 Å². The molecule has 0 saturated heterocycles. The Hall–Kier alpha value is -2.23. The van der Waals surface area contributed by atoms with Gasteiger partial charge in [0.15, 0.2) is 0 Å². The smallest absolute Gasteiger partial charge is 0.326 e. The predicted octanol–water partition coefficient (Wildman–Crippen LogP) is -0.584. The highest BCUT2D eigenvalue weighted by Gasteiger charge is 2.22. The molecule has 7 nitrogen and oxygen atoms in total. The maximum Gasteiger partial charge on any atom is 0.326 e. The molecule has 0 aliphatic rings. The van der Waals surface area contributed by atoms with Gasteiger partial charge in [-0.1, -0.05) is 19.3 Å². The summed E-state index contributed by atoms with van der Waals surface area (Å²) in [6.45, 7) is 1.90. The van der Waals surface area contributed by atoms with E-state index in [1.807, 2.05) is 6.92 Å². The fourth-order valence-corrected chi connectivity index (χ4v) is 1.25. The molecule has 0 aromatic carbocycles. The molecule has 2 unspecified atom stereocenters. The van der Waals surface area contributed by atoms with E-state index in [0.717, 1.165) is 6.42 Å². The van der Waals surface area contributed by atoms with Crippen LogP contribution in [0.2, 0.25) is 0 Å². The number of nitrogens with two attached hydrogens (primary N) is 1. The maximum atomic E-state index is 11.5. The molecule has 0 fully saturated rings. The zero-order chi connectivity index (χ0) is 14.1. The van der Waals surface area contributed by atoms with E-state index in [4.69, 9.17) is 17.3 Å². The zero-order valence-electron chi connectivity index (χ0n) is 10.1. The maximum absolute atomic E-state index is 11.5. The van der Waals surface area contributed by atoms with Crippen LogP contribution in [0.25, 0.3) is 0 Å². The second-order valence-electron chi connectivity index (χ2n) is 3.69. The number of carboxylic acids is 1. The summed E-state index contributed by atoms with van der Waals surface area (Å²) in [5.74, 6) is 0.215. The first-order valence-electron chi connectivity index (χ1n) is 5.45. The van der Waals surface area contributed by atoms with E-state index >= 15 is 0 Å². The highest BCUT2D eigenvalue weighted by Crippen LogP contribution is 1.96. The summed E-state index contributed by atoms with van der Waals surface area (Å²) in [7, 11) is 0. The number of terminal acetylenes is 1. The summed E-state index contributed by atoms with van der Waals surface area (Å²) in [6.07, 6.45) is 6.08. The number of urea groups is 1. The van der Waals surface area contributed by atoms with Crippen molar-refractivity contribution in [3.05, 3.63) is 0 Å². The number of hydrogen-bond donors (Lipinski definition) is 4. The minimum Gasteiger partial charge on any atom is -0.480 e. The third-order valence-electron chi connectivity index (χ3n) is 2.09. The molecule has 0 aromatic heterocycles. The fourth-order valence-electron chi connectivity index (χ4n) is 1.25. The van der Waals surface area contributed by atoms with Gasteiger partial charge in [0.1, 0.15) is 6.04 Å². The summed E-state index contributed by atoms with van der Waals surface area (Å²) in [5.41, 5.74) is 4.88. The van der Waals surface area contributed by atoms with Crippen LogP contribution in [0.15, 0.2) is 0 Å². The Kier molecular flexibility index (Phi) is 6.96. The van der Waals surface area contributed by atoms with Crippen LogP contribution in [0, 0.1) is 12.3 Å². The Bertz CT molecular complexity index is 362. The van der Waals surface area contributed by atoms with Crippen molar-refractivity contribution < 1.29 is 19.5 Å². The van der Waals surface area contributed by atoms with Gasteiger partial charge in [-0.3, -0.25) is 4.79 Å². The Morgan fingerprint density at radius 2 is 2.00 bits per heavy atom. The number of aliphatic carboxylic acids is 1. The molecule has 0 aliphatic carbocycles. The largest absolute Gasteiger partial charge is 0.480 e. The lowest BCUT2D eigenvalue weighted by molar-refractivity contribution is -0.140. The van der Waals surface area contributed by atoms with Crippen molar-refractivity contribution in [3.63, 3.8) is 0 Å². The molecular weight excluding hydrogens is 238 g/mol. The topological polar surface area (TPSA) is 122 Å². The average Bonchev–Trinajstić information content (AvgIpc) is 2.26. The number of carbonyl (C=O) groups is 3. The lowest BCUT2D eigenvalue weighted by Gasteiger charge is -2.16. The van der Waals surface area contributed by atoms with Gasteiger partial charge in [0.25, 0.3) is 0 Å². The van der Waals surface area contributed by atoms with E-state index in [9.17, 15) is 14.4 Å². The van der Waals surface area contributed by atoms with Crippen molar-refractivity contribution in [3.8, 4) is 12.3 Å². The lowest BCUT2D eigenvalue weighted by Crippen LogP contribution is -2.49. The van der Waals surface area contributed by atoms with E-state index in [0.29, 0.717) is 6.42 Å². The minimum atomic E-state index is -1.36. The number of primary amides is 1. The molecule has 0 heterocycles. The van der Waals surface area contributed by atoms with Crippen molar-refractivity contribution in [2.75, 3.05) is 0 Å². The van der Waals surface area contributed by atoms with Gasteiger partial charge >= 0.3 is 12.0 Å². The second kappa shape index (κ2) is 7.95. The molecule has 0 spiro atoms. The van der Waals surface area contributed by atoms with Crippen molar-refractivity contribution in [2.45, 2.75) is 38.3 Å². The predicted molar refractivity (Wildman–Crippen MR) is 64.4 cm³/mol. The van der Waals surface area contributed by atoms with Crippen LogP contribution in [0.5, 0.6) is 0 Å². The van der Waals surface area contributed by atoms with E-state index in [-0.39, 0.29) is 0 Å². The SMILES string of the molecule is C#CC(CCC)NC(=O)NC(CC(N)=O)C(=O)O. The van der Waals surface area contributed by atoms with E-state index in [1.54, 1.807) is 0 Å². The second-order valence-corrected chi connectivity index (χ2v) is 3.69. The zero-order valence-corrected chi connectivity index (χ0v) is 10.1. The van der Waals surface area contributed by atoms with Gasteiger partial charge in [-0.25, -0.2) is 9.59 Å². The van der Waals surface area contributed by atoms with Crippen LogP contribution in [0.1, 0.15) is 26.2 Å². The van der Waals surface area contributed by atoms with Crippen LogP contribution >= 0.6 is 0 Å². The molecule has 18 heavy (non-hydrogen) atoms. The highest BCUT2D eigenvalue weighted by molar-refractivity contribution is 5.87. The molecule has 0 aliphatic heterocycles. The minimum absolute atomic E-state index is 0.474. The number of carbonyl (C=O) groups excluding carboxylic acids is 2. The molecule has 100 valence electrons. The van der Waals surface area contributed by atoms with Gasteiger partial charge in [-0.15, -0.1) is 6.42 Å². The van der Waals surface area contributed by atoms with Gasteiger partial charge in [0.05, 0.1) is 12.5 Å². The Morgan fingerprint density at radius 3 is 2.39 bits per heavy atom. The van der Waals surface area contributed by atoms with E-state index in [1.165, 1.54) is 0 Å². The summed E-state index contributed by atoms with van der Waals surface area (Å²) in [4.78, 5) is 32.8. The molecule has 0 rings (SSSR count). The quantitative estimate of drug-likeness (QED) is 0.454. The normalized spacial score (nSPS) is 12.9. The van der Waals surface area contributed by atoms with Crippen LogP contribution in [0.3, 0.4) is 0 Å². The van der Waals surface area contributed by atoms with Crippen LogP contribution in [0.4, 0.5) is 4.79 Å². The Balaban J connectivity index is 4.38. The molecule has 0 radical (unpaired) electrons. The number of rotatable bonds is 7. The first-order chi connectivity index (χ1) is 8.40. The summed E-state index contributed by atoms with van der Waals surface area (Å²) < 4.78 is 0. The Labute approximate surface area is 105 Å².